The first-order chi connectivity index (χ1) is 13.7. The summed E-state index contributed by atoms with van der Waals surface area (Å²) in [6, 6.07) is 10.3. The molecule has 1 aliphatic heterocycles. The van der Waals surface area contributed by atoms with Crippen LogP contribution in [0.25, 0.3) is 0 Å². The quantitative estimate of drug-likeness (QED) is 0.583. The number of nitrogens with zero attached hydrogens (tertiary/aromatic N) is 2. The molecule has 0 aliphatic carbocycles. The zero-order valence-electron chi connectivity index (χ0n) is 16.4. The minimum Gasteiger partial charge on any atom is -0.481 e. The summed E-state index contributed by atoms with van der Waals surface area (Å²) < 4.78 is 20.3. The van der Waals surface area contributed by atoms with E-state index < -0.39 is 0 Å². The van der Waals surface area contributed by atoms with Crippen LogP contribution in [-0.4, -0.2) is 47.5 Å². The number of amides is 1. The van der Waals surface area contributed by atoms with Crippen LogP contribution in [0.2, 0.25) is 0 Å². The van der Waals surface area contributed by atoms with Crippen molar-refractivity contribution in [1.82, 2.24) is 9.80 Å². The fourth-order valence-corrected chi connectivity index (χ4v) is 4.98. The molecular formula is C21H24Br2FN3O2. The molecule has 2 aromatic carbocycles. The van der Waals surface area contributed by atoms with Gasteiger partial charge in [-0.1, -0.05) is 12.1 Å². The first-order valence-corrected chi connectivity index (χ1v) is 11.0. The molecule has 8 heteroatoms. The molecule has 29 heavy (non-hydrogen) atoms. The molecule has 1 amide bonds. The predicted molar refractivity (Wildman–Crippen MR) is 119 cm³/mol. The smallest absolute Gasteiger partial charge is 0.260 e. The van der Waals surface area contributed by atoms with E-state index in [2.05, 4.69) is 43.7 Å². The summed E-state index contributed by atoms with van der Waals surface area (Å²) in [7, 11) is 0. The molecule has 0 radical (unpaired) electrons. The van der Waals surface area contributed by atoms with E-state index in [1.54, 1.807) is 24.3 Å². The highest BCUT2D eigenvalue weighted by atomic mass is 79.9. The monoisotopic (exact) mass is 527 g/mol. The van der Waals surface area contributed by atoms with Crippen molar-refractivity contribution >= 4 is 43.5 Å². The van der Waals surface area contributed by atoms with Crippen LogP contribution in [0.4, 0.5) is 10.1 Å². The van der Waals surface area contributed by atoms with Crippen molar-refractivity contribution in [2.24, 2.45) is 0 Å². The summed E-state index contributed by atoms with van der Waals surface area (Å²) in [5.41, 5.74) is 7.46. The average molecular weight is 529 g/mol. The third-order valence-corrected chi connectivity index (χ3v) is 6.27. The van der Waals surface area contributed by atoms with Gasteiger partial charge in [0.25, 0.3) is 5.91 Å². The lowest BCUT2D eigenvalue weighted by Gasteiger charge is -2.44. The van der Waals surface area contributed by atoms with E-state index in [-0.39, 0.29) is 30.4 Å². The lowest BCUT2D eigenvalue weighted by Crippen LogP contribution is -2.58. The fourth-order valence-electron chi connectivity index (χ4n) is 3.52. The van der Waals surface area contributed by atoms with Crippen LogP contribution in [0.5, 0.6) is 5.75 Å². The van der Waals surface area contributed by atoms with Gasteiger partial charge in [-0.25, -0.2) is 4.39 Å². The Morgan fingerprint density at radius 2 is 1.76 bits per heavy atom. The van der Waals surface area contributed by atoms with E-state index in [0.717, 1.165) is 18.7 Å². The highest BCUT2D eigenvalue weighted by molar-refractivity contribution is 9.11. The number of rotatable bonds is 5. The summed E-state index contributed by atoms with van der Waals surface area (Å²) in [6.45, 7) is 6.19. The van der Waals surface area contributed by atoms with Crippen LogP contribution in [0.1, 0.15) is 19.4 Å². The van der Waals surface area contributed by atoms with E-state index in [1.807, 2.05) is 11.8 Å². The molecule has 3 rings (SSSR count). The van der Waals surface area contributed by atoms with Crippen LogP contribution in [0.3, 0.4) is 0 Å². The SMILES string of the molecule is CC1CN(C(=O)COc2c(Br)cc(N)cc2Br)C(C)CN1Cc1ccc(F)cc1. The molecule has 2 unspecified atom stereocenters. The van der Waals surface area contributed by atoms with Crippen LogP contribution < -0.4 is 10.5 Å². The second kappa shape index (κ2) is 9.45. The topological polar surface area (TPSA) is 58.8 Å². The second-order valence-corrected chi connectivity index (χ2v) is 9.11. The Kier molecular flexibility index (Phi) is 7.19. The Labute approximate surface area is 187 Å². The zero-order valence-corrected chi connectivity index (χ0v) is 19.5. The first-order valence-electron chi connectivity index (χ1n) is 9.40. The maximum Gasteiger partial charge on any atom is 0.260 e. The molecular weight excluding hydrogens is 505 g/mol. The van der Waals surface area contributed by atoms with Gasteiger partial charge in [0.15, 0.2) is 6.61 Å². The second-order valence-electron chi connectivity index (χ2n) is 7.40. The van der Waals surface area contributed by atoms with Crippen molar-refractivity contribution in [2.75, 3.05) is 25.4 Å². The van der Waals surface area contributed by atoms with Gasteiger partial charge in [0.1, 0.15) is 11.6 Å². The molecule has 1 aliphatic rings. The van der Waals surface area contributed by atoms with Gasteiger partial charge in [-0.3, -0.25) is 9.69 Å². The Bertz CT molecular complexity index is 856. The minimum absolute atomic E-state index is 0.0455. The molecule has 5 nitrogen and oxygen atoms in total. The molecule has 1 fully saturated rings. The highest BCUT2D eigenvalue weighted by Crippen LogP contribution is 2.35. The number of nitrogen functional groups attached to an aromatic ring is 1. The number of halogens is 3. The van der Waals surface area contributed by atoms with Gasteiger partial charge in [0, 0.05) is 37.4 Å². The largest absolute Gasteiger partial charge is 0.481 e. The van der Waals surface area contributed by atoms with Crippen molar-refractivity contribution in [3.63, 3.8) is 0 Å². The minimum atomic E-state index is -0.232. The number of piperazine rings is 1. The lowest BCUT2D eigenvalue weighted by molar-refractivity contribution is -0.139. The van der Waals surface area contributed by atoms with Gasteiger partial charge < -0.3 is 15.4 Å². The van der Waals surface area contributed by atoms with Gasteiger partial charge in [-0.05, 0) is 75.5 Å². The lowest BCUT2D eigenvalue weighted by atomic mass is 10.1. The number of anilines is 1. The molecule has 2 aromatic rings. The average Bonchev–Trinajstić information content (AvgIpc) is 2.65. The third kappa shape index (κ3) is 5.49. The molecule has 1 saturated heterocycles. The molecule has 2 N–H and O–H groups in total. The van der Waals surface area contributed by atoms with E-state index in [0.29, 0.717) is 26.9 Å². The third-order valence-electron chi connectivity index (χ3n) is 5.09. The van der Waals surface area contributed by atoms with Crippen LogP contribution in [0, 0.1) is 5.82 Å². The molecule has 2 atom stereocenters. The van der Waals surface area contributed by atoms with Crippen LogP contribution >= 0.6 is 31.9 Å². The molecule has 0 spiro atoms. The normalized spacial score (nSPS) is 20.0. The van der Waals surface area contributed by atoms with Gasteiger partial charge in [-0.2, -0.15) is 0 Å². The Morgan fingerprint density at radius 3 is 2.38 bits per heavy atom. The van der Waals surface area contributed by atoms with Crippen molar-refractivity contribution in [1.29, 1.82) is 0 Å². The number of benzene rings is 2. The molecule has 1 heterocycles. The molecule has 0 bridgehead atoms. The Balaban J connectivity index is 1.59. The molecule has 156 valence electrons. The molecule has 0 saturated carbocycles. The van der Waals surface area contributed by atoms with E-state index in [4.69, 9.17) is 10.5 Å². The maximum atomic E-state index is 13.1. The maximum absolute atomic E-state index is 13.1. The van der Waals surface area contributed by atoms with E-state index >= 15 is 0 Å². The number of carbonyl (C=O) groups excluding carboxylic acids is 1. The zero-order chi connectivity index (χ0) is 21.1. The summed E-state index contributed by atoms with van der Waals surface area (Å²) in [5, 5.41) is 0. The number of carbonyl (C=O) groups is 1. The standard InChI is InChI=1S/C21H24Br2FN3O2/c1-13-10-27(14(2)9-26(13)11-15-3-5-16(24)6-4-15)20(28)12-29-21-18(22)7-17(25)8-19(21)23/h3-8,13-14H,9-12,25H2,1-2H3. The first kappa shape index (κ1) is 22.1. The van der Waals surface area contributed by atoms with Gasteiger partial charge >= 0.3 is 0 Å². The summed E-state index contributed by atoms with van der Waals surface area (Å²) in [5.74, 6) is 0.273. The van der Waals surface area contributed by atoms with Crippen LogP contribution in [0.15, 0.2) is 45.3 Å². The van der Waals surface area contributed by atoms with E-state index in [9.17, 15) is 9.18 Å². The van der Waals surface area contributed by atoms with Gasteiger partial charge in [0.2, 0.25) is 0 Å². The van der Waals surface area contributed by atoms with Crippen molar-refractivity contribution in [2.45, 2.75) is 32.5 Å². The Morgan fingerprint density at radius 1 is 1.14 bits per heavy atom. The molecule has 0 aromatic heterocycles. The summed E-state index contributed by atoms with van der Waals surface area (Å²) in [4.78, 5) is 17.0. The van der Waals surface area contributed by atoms with Crippen molar-refractivity contribution < 1.29 is 13.9 Å². The number of hydrogen-bond acceptors (Lipinski definition) is 4. The summed E-state index contributed by atoms with van der Waals surface area (Å²) in [6.07, 6.45) is 0. The van der Waals surface area contributed by atoms with Crippen molar-refractivity contribution in [3.05, 3.63) is 56.7 Å². The summed E-state index contributed by atoms with van der Waals surface area (Å²) >= 11 is 6.84. The number of ether oxygens (including phenoxy) is 1. The van der Waals surface area contributed by atoms with E-state index in [1.165, 1.54) is 12.1 Å². The number of hydrogen-bond donors (Lipinski definition) is 1. The predicted octanol–water partition coefficient (Wildman–Crippen LogP) is 4.43. The number of nitrogens with two attached hydrogens (primary N) is 1. The Hall–Kier alpha value is -1.64. The van der Waals surface area contributed by atoms with Crippen LogP contribution in [-0.2, 0) is 11.3 Å². The van der Waals surface area contributed by atoms with Gasteiger partial charge in [0.05, 0.1) is 8.95 Å². The van der Waals surface area contributed by atoms with Crippen molar-refractivity contribution in [3.8, 4) is 5.75 Å². The highest BCUT2D eigenvalue weighted by Gasteiger charge is 2.32. The van der Waals surface area contributed by atoms with Gasteiger partial charge in [-0.15, -0.1) is 0 Å². The fraction of sp³-hybridized carbons (Fsp3) is 0.381.